The van der Waals surface area contributed by atoms with Crippen LogP contribution in [0.1, 0.15) is 13.8 Å². The minimum absolute atomic E-state index is 0.0428. The highest BCUT2D eigenvalue weighted by molar-refractivity contribution is 8.00. The van der Waals surface area contributed by atoms with Crippen molar-refractivity contribution in [2.45, 2.75) is 19.1 Å². The molecule has 3 nitrogen and oxygen atoms in total. The lowest BCUT2D eigenvalue weighted by molar-refractivity contribution is -0.137. The van der Waals surface area contributed by atoms with Crippen LogP contribution in [-0.2, 0) is 4.79 Å². The number of carboxylic acid groups (broad SMARTS) is 1. The smallest absolute Gasteiger partial charge is 0.316 e. The zero-order valence-corrected chi connectivity index (χ0v) is 7.60. The van der Waals surface area contributed by atoms with Gasteiger partial charge in [0.2, 0.25) is 0 Å². The Kier molecular flexibility index (Phi) is 5.32. The summed E-state index contributed by atoms with van der Waals surface area (Å²) in [7, 11) is 0. The van der Waals surface area contributed by atoms with Crippen LogP contribution in [0.15, 0.2) is 0 Å². The van der Waals surface area contributed by atoms with E-state index in [-0.39, 0.29) is 17.8 Å². The van der Waals surface area contributed by atoms with Gasteiger partial charge in [0.15, 0.2) is 0 Å². The van der Waals surface area contributed by atoms with Crippen LogP contribution in [0, 0.1) is 5.92 Å². The lowest BCUT2D eigenvalue weighted by Crippen LogP contribution is -2.23. The third kappa shape index (κ3) is 4.27. The van der Waals surface area contributed by atoms with Crippen LogP contribution < -0.4 is 0 Å². The van der Waals surface area contributed by atoms with Gasteiger partial charge in [0.1, 0.15) is 5.25 Å². The highest BCUT2D eigenvalue weighted by atomic mass is 32.2. The Morgan fingerprint density at radius 1 is 1.55 bits per heavy atom. The average molecular weight is 178 g/mol. The van der Waals surface area contributed by atoms with Crippen molar-refractivity contribution in [3.63, 3.8) is 0 Å². The normalized spacial score (nSPS) is 13.5. The summed E-state index contributed by atoms with van der Waals surface area (Å²) < 4.78 is 0. The van der Waals surface area contributed by atoms with E-state index in [9.17, 15) is 4.79 Å². The van der Waals surface area contributed by atoms with Gasteiger partial charge in [-0.05, 0) is 5.92 Å². The molecule has 1 atom stereocenters. The van der Waals surface area contributed by atoms with E-state index in [1.807, 2.05) is 13.8 Å². The third-order valence-electron chi connectivity index (χ3n) is 1.24. The molecule has 0 bridgehead atoms. The summed E-state index contributed by atoms with van der Waals surface area (Å²) in [6.45, 7) is 3.77. The molecule has 0 aliphatic carbocycles. The van der Waals surface area contributed by atoms with Gasteiger partial charge in [0.25, 0.3) is 0 Å². The van der Waals surface area contributed by atoms with Gasteiger partial charge in [0.05, 0.1) is 6.61 Å². The molecule has 11 heavy (non-hydrogen) atoms. The van der Waals surface area contributed by atoms with Gasteiger partial charge < -0.3 is 10.2 Å². The SMILES string of the molecule is CC(C)C(SCCO)C(=O)O. The molecule has 2 N–H and O–H groups in total. The maximum absolute atomic E-state index is 10.5. The van der Waals surface area contributed by atoms with Gasteiger partial charge >= 0.3 is 5.97 Å². The number of carboxylic acids is 1. The standard InChI is InChI=1S/C7H14O3S/c1-5(2)6(7(9)10)11-4-3-8/h5-6,8H,3-4H2,1-2H3,(H,9,10). The largest absolute Gasteiger partial charge is 0.480 e. The molecule has 0 aromatic heterocycles. The van der Waals surface area contributed by atoms with E-state index in [4.69, 9.17) is 10.2 Å². The van der Waals surface area contributed by atoms with Crippen LogP contribution >= 0.6 is 11.8 Å². The highest BCUT2D eigenvalue weighted by Gasteiger charge is 2.20. The number of aliphatic hydroxyl groups is 1. The molecule has 0 aliphatic heterocycles. The Bertz CT molecular complexity index is 125. The first-order chi connectivity index (χ1) is 5.09. The number of rotatable bonds is 5. The maximum Gasteiger partial charge on any atom is 0.316 e. The van der Waals surface area contributed by atoms with Crippen molar-refractivity contribution >= 4 is 17.7 Å². The molecule has 1 unspecified atom stereocenters. The third-order valence-corrected chi connectivity index (χ3v) is 2.76. The monoisotopic (exact) mass is 178 g/mol. The van der Waals surface area contributed by atoms with E-state index >= 15 is 0 Å². The summed E-state index contributed by atoms with van der Waals surface area (Å²) in [5, 5.41) is 16.7. The molecule has 0 saturated carbocycles. The Morgan fingerprint density at radius 2 is 2.09 bits per heavy atom. The van der Waals surface area contributed by atoms with Crippen LogP contribution in [-0.4, -0.2) is 33.8 Å². The summed E-state index contributed by atoms with van der Waals surface area (Å²) in [6.07, 6.45) is 0. The Hall–Kier alpha value is -0.220. The number of carbonyl (C=O) groups is 1. The first-order valence-corrected chi connectivity index (χ1v) is 4.59. The van der Waals surface area contributed by atoms with Gasteiger partial charge in [-0.1, -0.05) is 13.8 Å². The Labute approximate surface area is 70.8 Å². The predicted octanol–water partition coefficient (Wildman–Crippen LogP) is 0.821. The van der Waals surface area contributed by atoms with Gasteiger partial charge in [-0.25, -0.2) is 0 Å². The first-order valence-electron chi connectivity index (χ1n) is 3.55. The molecule has 66 valence electrons. The number of hydrogen-bond acceptors (Lipinski definition) is 3. The lowest BCUT2D eigenvalue weighted by atomic mass is 10.1. The molecular weight excluding hydrogens is 164 g/mol. The van der Waals surface area contributed by atoms with Crippen LogP contribution in [0.2, 0.25) is 0 Å². The predicted molar refractivity (Wildman–Crippen MR) is 45.8 cm³/mol. The Balaban J connectivity index is 3.80. The molecule has 0 fully saturated rings. The summed E-state index contributed by atoms with van der Waals surface area (Å²) in [4.78, 5) is 10.5. The molecule has 4 heteroatoms. The highest BCUT2D eigenvalue weighted by Crippen LogP contribution is 2.18. The van der Waals surface area contributed by atoms with Crippen LogP contribution in [0.5, 0.6) is 0 Å². The molecule has 0 aliphatic rings. The van der Waals surface area contributed by atoms with E-state index in [0.29, 0.717) is 5.75 Å². The number of hydrogen-bond donors (Lipinski definition) is 2. The molecule has 0 spiro atoms. The van der Waals surface area contributed by atoms with Gasteiger partial charge in [0, 0.05) is 5.75 Å². The van der Waals surface area contributed by atoms with E-state index in [2.05, 4.69) is 0 Å². The molecule has 0 aromatic carbocycles. The van der Waals surface area contributed by atoms with Crippen molar-refractivity contribution in [2.75, 3.05) is 12.4 Å². The van der Waals surface area contributed by atoms with Crippen molar-refractivity contribution in [3.8, 4) is 0 Å². The minimum Gasteiger partial charge on any atom is -0.480 e. The van der Waals surface area contributed by atoms with Gasteiger partial charge in [-0.3, -0.25) is 4.79 Å². The zero-order valence-electron chi connectivity index (χ0n) is 6.78. The number of thioether (sulfide) groups is 1. The van der Waals surface area contributed by atoms with Crippen molar-refractivity contribution < 1.29 is 15.0 Å². The van der Waals surface area contributed by atoms with Crippen molar-refractivity contribution in [2.24, 2.45) is 5.92 Å². The first kappa shape index (κ1) is 10.8. The molecule has 0 rings (SSSR count). The van der Waals surface area contributed by atoms with Crippen LogP contribution in [0.25, 0.3) is 0 Å². The topological polar surface area (TPSA) is 57.5 Å². The fourth-order valence-electron chi connectivity index (χ4n) is 0.729. The van der Waals surface area contributed by atoms with E-state index in [1.165, 1.54) is 11.8 Å². The summed E-state index contributed by atoms with van der Waals surface area (Å²) in [5.74, 6) is -0.183. The second-order valence-electron chi connectivity index (χ2n) is 2.60. The van der Waals surface area contributed by atoms with Gasteiger partial charge in [-0.2, -0.15) is 0 Å². The summed E-state index contributed by atoms with van der Waals surface area (Å²) in [5.41, 5.74) is 0. The summed E-state index contributed by atoms with van der Waals surface area (Å²) >= 11 is 1.29. The van der Waals surface area contributed by atoms with E-state index in [1.54, 1.807) is 0 Å². The van der Waals surface area contributed by atoms with Crippen LogP contribution in [0.4, 0.5) is 0 Å². The zero-order chi connectivity index (χ0) is 8.85. The number of aliphatic hydroxyl groups excluding tert-OH is 1. The van der Waals surface area contributed by atoms with Crippen LogP contribution in [0.3, 0.4) is 0 Å². The van der Waals surface area contributed by atoms with Gasteiger partial charge in [-0.15, -0.1) is 11.8 Å². The fourth-order valence-corrected chi connectivity index (χ4v) is 1.62. The minimum atomic E-state index is -0.793. The molecule has 0 saturated heterocycles. The van der Waals surface area contributed by atoms with Crippen molar-refractivity contribution in [1.29, 1.82) is 0 Å². The van der Waals surface area contributed by atoms with E-state index in [0.717, 1.165) is 0 Å². The molecular formula is C7H14O3S. The van der Waals surface area contributed by atoms with Crippen molar-refractivity contribution in [1.82, 2.24) is 0 Å². The molecule has 0 heterocycles. The van der Waals surface area contributed by atoms with Crippen molar-refractivity contribution in [3.05, 3.63) is 0 Å². The Morgan fingerprint density at radius 3 is 2.36 bits per heavy atom. The molecule has 0 amide bonds. The molecule has 0 aromatic rings. The average Bonchev–Trinajstić information content (AvgIpc) is 1.87. The quantitative estimate of drug-likeness (QED) is 0.654. The number of aliphatic carboxylic acids is 1. The molecule has 0 radical (unpaired) electrons. The lowest BCUT2D eigenvalue weighted by Gasteiger charge is -2.14. The summed E-state index contributed by atoms with van der Waals surface area (Å²) in [6, 6.07) is 0. The maximum atomic E-state index is 10.5. The second kappa shape index (κ2) is 5.43. The fraction of sp³-hybridized carbons (Fsp3) is 0.857. The van der Waals surface area contributed by atoms with E-state index < -0.39 is 5.97 Å². The second-order valence-corrected chi connectivity index (χ2v) is 3.85.